The normalized spacial score (nSPS) is 5.40. The zero-order chi connectivity index (χ0) is 59.7. The second kappa shape index (κ2) is 58.5. The van der Waals surface area contributed by atoms with Crippen LogP contribution in [0.4, 0.5) is 28.9 Å². The van der Waals surface area contributed by atoms with Gasteiger partial charge in [0.25, 0.3) is 5.69 Å². The molecule has 0 bridgehead atoms. The molecule has 2 aromatic carbocycles. The Hall–Kier alpha value is -15.4. The predicted octanol–water partition coefficient (Wildman–Crippen LogP) is 6.48. The minimum absolute atomic E-state index is 0. The Morgan fingerprint density at radius 2 is 0.488 bits per heavy atom. The van der Waals surface area contributed by atoms with Crippen molar-refractivity contribution >= 4 is 11.4 Å². The lowest BCUT2D eigenvalue weighted by molar-refractivity contribution is -0.385. The first-order valence-corrected chi connectivity index (χ1v) is 21.2. The molecule has 0 radical (unpaired) electrons. The summed E-state index contributed by atoms with van der Waals surface area (Å²) in [5, 5.41) is 10.1. The largest absolute Gasteiger partial charge is 0.399 e. The molecule has 0 heterocycles. The molecule has 0 saturated carbocycles. The molecule has 380 valence electrons. The van der Waals surface area contributed by atoms with Gasteiger partial charge in [-0.3, -0.25) is 10.1 Å². The van der Waals surface area contributed by atoms with Crippen LogP contribution in [0.1, 0.15) is 39.8 Å². The number of anilines is 1. The van der Waals surface area contributed by atoms with Crippen LogP contribution in [0.3, 0.4) is 0 Å². The van der Waals surface area contributed by atoms with Crippen LogP contribution in [-0.4, -0.2) is 4.92 Å². The summed E-state index contributed by atoms with van der Waals surface area (Å²) in [7, 11) is 0. The van der Waals surface area contributed by atoms with E-state index in [9.17, 15) is 27.7 Å². The number of benzene rings is 2. The SMILES string of the molecule is C.C.CC#CC#CC#CC#CC#CC#CC#CC#CC#CC#CC#CC#CC#CC#CC#CC#CC#CC#CC#CC#CC#CC#CC#CC#CC#CC#CC#CC#CC#CC.Nc1ccc(F)c(CF)c1.O=[N+]([O-])c1ccc(F)c(CF)c1. The quantitative estimate of drug-likeness (QED) is 0.126. The number of nitro benzene ring substituents is 1. The molecule has 2 N–H and O–H groups in total. The Kier molecular flexibility index (Phi) is 50.7. The molecule has 0 aliphatic carbocycles. The van der Waals surface area contributed by atoms with Crippen molar-refractivity contribution in [2.45, 2.75) is 42.0 Å². The van der Waals surface area contributed by atoms with Gasteiger partial charge in [-0.15, -0.1) is 0 Å². The number of hydrogen-bond acceptors (Lipinski definition) is 3. The minimum Gasteiger partial charge on any atom is -0.399 e. The predicted molar refractivity (Wildman–Crippen MR) is 324 cm³/mol. The van der Waals surface area contributed by atoms with Crippen molar-refractivity contribution in [3.05, 3.63) is 69.3 Å². The summed E-state index contributed by atoms with van der Waals surface area (Å²) in [4.78, 5) is 9.45. The Morgan fingerprint density at radius 3 is 0.643 bits per heavy atom. The fraction of sp³-hybridized carbons (Fsp3) is 0.0789. The van der Waals surface area contributed by atoms with Crippen LogP contribution in [0.5, 0.6) is 0 Å². The number of nitrogens with two attached hydrogens (primary N) is 1. The van der Waals surface area contributed by atoms with E-state index < -0.39 is 29.9 Å². The van der Waals surface area contributed by atoms with Crippen molar-refractivity contribution in [2.24, 2.45) is 0 Å². The Labute approximate surface area is 492 Å². The molecule has 0 amide bonds. The summed E-state index contributed by atoms with van der Waals surface area (Å²) in [6.45, 7) is 1.53. The van der Waals surface area contributed by atoms with Gasteiger partial charge in [0.2, 0.25) is 0 Å². The van der Waals surface area contributed by atoms with Crippen LogP contribution in [0.2, 0.25) is 0 Å². The van der Waals surface area contributed by atoms with Crippen LogP contribution in [0, 0.1) is 365 Å². The van der Waals surface area contributed by atoms with E-state index in [1.165, 1.54) is 12.1 Å². The van der Waals surface area contributed by atoms with Crippen LogP contribution in [0.15, 0.2) is 36.4 Å². The zero-order valence-electron chi connectivity index (χ0n) is 42.2. The Bertz CT molecular complexity index is 4640. The molecule has 2 rings (SSSR count). The molecule has 0 spiro atoms. The third-order valence-corrected chi connectivity index (χ3v) is 6.29. The zero-order valence-corrected chi connectivity index (χ0v) is 42.2. The number of non-ortho nitro benzene ring substituents is 1. The summed E-state index contributed by atoms with van der Waals surface area (Å²) in [5.74, 6) is 144. The van der Waals surface area contributed by atoms with E-state index in [0.29, 0.717) is 5.69 Å². The summed E-state index contributed by atoms with van der Waals surface area (Å²) < 4.78 is 48.9. The van der Waals surface area contributed by atoms with Gasteiger partial charge in [-0.1, -0.05) is 26.7 Å². The number of nitro groups is 1. The number of hydrogen-bond donors (Lipinski definition) is 1. The van der Waals surface area contributed by atoms with E-state index in [2.05, 4.69) is 343 Å². The maximum absolute atomic E-state index is 12.6. The average molecular weight is 1080 g/mol. The molecule has 84 heavy (non-hydrogen) atoms. The maximum atomic E-state index is 12.6. The molecule has 0 aromatic heterocycles. The molecule has 2 aromatic rings. The van der Waals surface area contributed by atoms with E-state index in [0.717, 1.165) is 24.3 Å². The van der Waals surface area contributed by atoms with Gasteiger partial charge in [0.05, 0.1) is 4.92 Å². The molecule has 4 nitrogen and oxygen atoms in total. The second-order valence-electron chi connectivity index (χ2n) is 11.7. The van der Waals surface area contributed by atoms with Crippen LogP contribution in [-0.2, 0) is 13.3 Å². The lowest BCUT2D eigenvalue weighted by Crippen LogP contribution is -1.92. The summed E-state index contributed by atoms with van der Waals surface area (Å²) in [5.41, 5.74) is 5.08. The molecule has 0 atom stereocenters. The number of rotatable bonds is 3. The van der Waals surface area contributed by atoms with Gasteiger partial charge in [0.15, 0.2) is 0 Å². The third-order valence-electron chi connectivity index (χ3n) is 6.29. The minimum atomic E-state index is -1.03. The van der Waals surface area contributed by atoms with Gasteiger partial charge < -0.3 is 5.73 Å². The van der Waals surface area contributed by atoms with Gasteiger partial charge in [0.1, 0.15) is 25.0 Å². The number of nitrogens with zero attached hydrogens (tertiary/aromatic N) is 1. The number of nitrogen functional groups attached to an aromatic ring is 1. The van der Waals surface area contributed by atoms with Crippen LogP contribution >= 0.6 is 0 Å². The highest BCUT2D eigenvalue weighted by Gasteiger charge is 2.09. The smallest absolute Gasteiger partial charge is 0.270 e. The highest BCUT2D eigenvalue weighted by molar-refractivity contribution is 5.52. The molecular weight excluding hydrogens is 1050 g/mol. The van der Waals surface area contributed by atoms with Crippen molar-refractivity contribution in [3.8, 4) is 343 Å². The van der Waals surface area contributed by atoms with Crippen LogP contribution in [0.25, 0.3) is 0 Å². The Balaban J connectivity index is -0.00000224. The molecule has 0 aliphatic heterocycles. The Morgan fingerprint density at radius 1 is 0.321 bits per heavy atom. The average Bonchev–Trinajstić information content (AvgIpc) is 3.67. The van der Waals surface area contributed by atoms with Gasteiger partial charge >= 0.3 is 0 Å². The molecule has 0 fully saturated rings. The monoisotopic (exact) mass is 1070 g/mol. The van der Waals surface area contributed by atoms with E-state index in [-0.39, 0.29) is 31.7 Å². The van der Waals surface area contributed by atoms with Crippen LogP contribution < -0.4 is 5.73 Å². The van der Waals surface area contributed by atoms with E-state index in [1.54, 1.807) is 13.8 Å². The van der Waals surface area contributed by atoms with Crippen molar-refractivity contribution in [1.29, 1.82) is 0 Å². The topological polar surface area (TPSA) is 69.2 Å². The maximum Gasteiger partial charge on any atom is 0.270 e. The lowest BCUT2D eigenvalue weighted by atomic mass is 10.2. The second-order valence-corrected chi connectivity index (χ2v) is 11.7. The molecule has 8 heteroatoms. The molecule has 0 unspecified atom stereocenters. The number of halogens is 4. The first-order valence-electron chi connectivity index (χ1n) is 21.2. The standard InChI is InChI=1S/C60H6.C7H5F2NO2.C7H7F2N.2CH4/c1-3-5-7-9-11-13-15-17-19-21-23-25-27-29-31-33-35-37-39-41-43-45-47-49-51-53-55-57-59-60-58-56-54-52-50-48-46-44-42-40-38-36-34-32-30-28-26-24-22-20-18-16-14-12-10-8-6-4-2;8-4-5-3-6(10(11)12)1-2-7(5)9;8-4-5-3-6(10)1-2-7(5)9;;/h1-2H3;1-3H,4H2;1-3H,4,10H2;2*1H4. The highest BCUT2D eigenvalue weighted by atomic mass is 19.1. The summed E-state index contributed by atoms with van der Waals surface area (Å²) >= 11 is 0. The van der Waals surface area contributed by atoms with E-state index in [4.69, 9.17) is 5.73 Å². The first-order chi connectivity index (χ1) is 40.3. The highest BCUT2D eigenvalue weighted by Crippen LogP contribution is 2.17. The fourth-order valence-electron chi connectivity index (χ4n) is 3.29. The van der Waals surface area contributed by atoms with Crippen molar-refractivity contribution in [1.82, 2.24) is 0 Å². The van der Waals surface area contributed by atoms with Crippen molar-refractivity contribution < 1.29 is 22.5 Å². The third kappa shape index (κ3) is 50.1. The van der Waals surface area contributed by atoms with Gasteiger partial charge in [-0.05, 0) is 133 Å². The van der Waals surface area contributed by atoms with E-state index >= 15 is 0 Å². The molecule has 0 aliphatic rings. The van der Waals surface area contributed by atoms with Crippen molar-refractivity contribution in [2.75, 3.05) is 5.73 Å². The molecule has 0 saturated heterocycles. The summed E-state index contributed by atoms with van der Waals surface area (Å²) in [6.07, 6.45) is 0. The number of alkyl halides is 2. The van der Waals surface area contributed by atoms with Crippen molar-refractivity contribution in [3.63, 3.8) is 0 Å². The first kappa shape index (κ1) is 72.8. The molecular formula is C76H26F4N2O2. The van der Waals surface area contributed by atoms with Gasteiger partial charge in [0, 0.05) is 266 Å². The lowest BCUT2D eigenvalue weighted by Gasteiger charge is -1.97. The summed E-state index contributed by atoms with van der Waals surface area (Å²) in [6, 6.07) is 6.60. The fourth-order valence-corrected chi connectivity index (χ4v) is 3.29. The van der Waals surface area contributed by atoms with Gasteiger partial charge in [-0.25, -0.2) is 17.6 Å². The van der Waals surface area contributed by atoms with Gasteiger partial charge in [-0.2, -0.15) is 0 Å². The van der Waals surface area contributed by atoms with E-state index in [1.807, 2.05) is 0 Å².